The lowest BCUT2D eigenvalue weighted by atomic mass is 10.3. The van der Waals surface area contributed by atoms with Gasteiger partial charge >= 0.3 is 0 Å². The van der Waals surface area contributed by atoms with Crippen LogP contribution in [0.25, 0.3) is 17.0 Å². The molecule has 3 heterocycles. The van der Waals surface area contributed by atoms with Gasteiger partial charge in [0.15, 0.2) is 0 Å². The normalized spacial score (nSPS) is 11.3. The Bertz CT molecular complexity index is 993. The van der Waals surface area contributed by atoms with Gasteiger partial charge in [-0.15, -0.1) is 5.10 Å². The second-order valence-corrected chi connectivity index (χ2v) is 5.85. The molecule has 9 nitrogen and oxygen atoms in total. The fourth-order valence-electron chi connectivity index (χ4n) is 2.21. The Hall–Kier alpha value is -2.88. The van der Waals surface area contributed by atoms with Gasteiger partial charge in [-0.1, -0.05) is 23.9 Å². The van der Waals surface area contributed by atoms with Gasteiger partial charge in [0.25, 0.3) is 5.56 Å². The molecule has 3 aromatic heterocycles. The molecule has 2 N–H and O–H groups in total. The molecule has 0 fully saturated rings. The van der Waals surface area contributed by atoms with E-state index in [0.29, 0.717) is 16.9 Å². The van der Waals surface area contributed by atoms with Gasteiger partial charge in [-0.3, -0.25) is 9.89 Å². The van der Waals surface area contributed by atoms with E-state index in [1.807, 2.05) is 24.3 Å². The van der Waals surface area contributed by atoms with Crippen LogP contribution in [0.3, 0.4) is 0 Å². The number of hydrogen-bond donors (Lipinski definition) is 2. The number of H-pyrrole nitrogens is 2. The van der Waals surface area contributed by atoms with Crippen LogP contribution in [-0.2, 0) is 12.8 Å². The van der Waals surface area contributed by atoms with Crippen molar-refractivity contribution in [3.8, 4) is 5.95 Å². The molecule has 0 saturated carbocycles. The number of imidazole rings is 1. The van der Waals surface area contributed by atoms with Crippen molar-refractivity contribution in [1.82, 2.24) is 40.0 Å². The summed E-state index contributed by atoms with van der Waals surface area (Å²) in [6, 6.07) is 9.17. The number of benzene rings is 1. The fraction of sp³-hybridized carbons (Fsp3) is 0.154. The topological polar surface area (TPSA) is 110 Å². The number of rotatable bonds is 4. The molecule has 0 atom stereocenters. The number of aromatic nitrogens is 8. The number of aromatic amines is 2. The van der Waals surface area contributed by atoms with Gasteiger partial charge in [0.2, 0.25) is 11.1 Å². The van der Waals surface area contributed by atoms with Crippen molar-refractivity contribution in [1.29, 1.82) is 0 Å². The number of fused-ring (bicyclic) bond motifs is 1. The number of nitrogens with one attached hydrogen (secondary N) is 2. The van der Waals surface area contributed by atoms with Crippen LogP contribution in [0.15, 0.2) is 40.3 Å². The second kappa shape index (κ2) is 5.39. The van der Waals surface area contributed by atoms with Crippen molar-refractivity contribution < 1.29 is 0 Å². The zero-order chi connectivity index (χ0) is 15.8. The fourth-order valence-corrected chi connectivity index (χ4v) is 2.96. The predicted molar refractivity (Wildman–Crippen MR) is 84.4 cm³/mol. The Balaban J connectivity index is 1.62. The van der Waals surface area contributed by atoms with E-state index in [1.165, 1.54) is 16.4 Å². The van der Waals surface area contributed by atoms with Crippen LogP contribution >= 0.6 is 11.8 Å². The third-order valence-corrected chi connectivity index (χ3v) is 4.36. The van der Waals surface area contributed by atoms with Crippen LogP contribution in [-0.4, -0.2) is 40.0 Å². The maximum absolute atomic E-state index is 12.2. The van der Waals surface area contributed by atoms with Gasteiger partial charge in [-0.2, -0.15) is 4.68 Å². The molecule has 0 aliphatic carbocycles. The van der Waals surface area contributed by atoms with Crippen molar-refractivity contribution >= 4 is 22.8 Å². The highest BCUT2D eigenvalue weighted by molar-refractivity contribution is 7.98. The van der Waals surface area contributed by atoms with Gasteiger partial charge in [-0.25, -0.2) is 9.67 Å². The number of thioether (sulfide) groups is 1. The van der Waals surface area contributed by atoms with Gasteiger partial charge < -0.3 is 4.98 Å². The van der Waals surface area contributed by atoms with Gasteiger partial charge in [-0.05, 0) is 22.6 Å². The summed E-state index contributed by atoms with van der Waals surface area (Å²) in [5, 5.41) is 15.0. The lowest BCUT2D eigenvalue weighted by Gasteiger charge is -1.98. The molecular weight excluding hydrogens is 316 g/mol. The Kier molecular flexibility index (Phi) is 3.23. The Labute approximate surface area is 133 Å². The Morgan fingerprint density at radius 1 is 1.30 bits per heavy atom. The molecule has 0 bridgehead atoms. The quantitative estimate of drug-likeness (QED) is 0.538. The van der Waals surface area contributed by atoms with E-state index in [-0.39, 0.29) is 5.56 Å². The van der Waals surface area contributed by atoms with E-state index >= 15 is 0 Å². The number of hydrogen-bond acceptors (Lipinski definition) is 6. The lowest BCUT2D eigenvalue weighted by molar-refractivity contribution is 0.664. The molecule has 4 rings (SSSR count). The van der Waals surface area contributed by atoms with Crippen LogP contribution in [0.5, 0.6) is 0 Å². The van der Waals surface area contributed by atoms with Gasteiger partial charge in [0, 0.05) is 24.6 Å². The van der Waals surface area contributed by atoms with Crippen LogP contribution in [0.4, 0.5) is 0 Å². The molecule has 0 spiro atoms. The first kappa shape index (κ1) is 13.8. The average Bonchev–Trinajstić information content (AvgIpc) is 3.23. The first-order valence-corrected chi connectivity index (χ1v) is 7.80. The molecule has 0 radical (unpaired) electrons. The zero-order valence-corrected chi connectivity index (χ0v) is 12.9. The monoisotopic (exact) mass is 328 g/mol. The number of aryl methyl sites for hydroxylation is 1. The molecule has 116 valence electrons. The number of nitrogens with zero attached hydrogens (tertiary/aromatic N) is 6. The summed E-state index contributed by atoms with van der Waals surface area (Å²) in [6.07, 6.45) is 0. The summed E-state index contributed by atoms with van der Waals surface area (Å²) < 4.78 is 2.98. The largest absolute Gasteiger partial charge is 0.322 e. The van der Waals surface area contributed by atoms with Crippen LogP contribution in [0.2, 0.25) is 0 Å². The number of tetrazole rings is 1. The maximum Gasteiger partial charge on any atom is 0.274 e. The van der Waals surface area contributed by atoms with Gasteiger partial charge in [0.1, 0.15) is 0 Å². The molecule has 0 aliphatic heterocycles. The molecule has 10 heteroatoms. The highest BCUT2D eigenvalue weighted by atomic mass is 32.2. The van der Waals surface area contributed by atoms with E-state index in [0.717, 1.165) is 16.7 Å². The van der Waals surface area contributed by atoms with Crippen LogP contribution in [0.1, 0.15) is 5.69 Å². The Morgan fingerprint density at radius 2 is 2.17 bits per heavy atom. The highest BCUT2D eigenvalue weighted by Gasteiger charge is 2.11. The molecule has 23 heavy (non-hydrogen) atoms. The number of para-hydroxylation sites is 2. The van der Waals surface area contributed by atoms with E-state index in [4.69, 9.17) is 0 Å². The van der Waals surface area contributed by atoms with Crippen molar-refractivity contribution in [3.63, 3.8) is 0 Å². The van der Waals surface area contributed by atoms with E-state index < -0.39 is 0 Å². The van der Waals surface area contributed by atoms with Crippen LogP contribution in [0, 0.1) is 0 Å². The summed E-state index contributed by atoms with van der Waals surface area (Å²) in [6.45, 7) is 0. The predicted octanol–water partition coefficient (Wildman–Crippen LogP) is 0.858. The lowest BCUT2D eigenvalue weighted by Crippen LogP contribution is -2.14. The molecule has 4 aromatic rings. The zero-order valence-electron chi connectivity index (χ0n) is 12.1. The van der Waals surface area contributed by atoms with Crippen molar-refractivity contribution in [2.45, 2.75) is 10.9 Å². The minimum atomic E-state index is -0.171. The summed E-state index contributed by atoms with van der Waals surface area (Å²) in [5.41, 5.74) is 2.29. The molecule has 1 aromatic carbocycles. The average molecular weight is 328 g/mol. The maximum atomic E-state index is 12.2. The summed E-state index contributed by atoms with van der Waals surface area (Å²) in [7, 11) is 1.77. The van der Waals surface area contributed by atoms with Crippen LogP contribution < -0.4 is 5.56 Å². The van der Waals surface area contributed by atoms with Crippen molar-refractivity contribution in [2.75, 3.05) is 0 Å². The SMILES string of the molecule is Cn1nnnc1SCc1cc(=O)n(-c2nc3ccccc3[nH]2)[nH]1. The first-order valence-electron chi connectivity index (χ1n) is 6.82. The molecule has 0 unspecified atom stereocenters. The summed E-state index contributed by atoms with van der Waals surface area (Å²) in [5.74, 6) is 1.02. The minimum absolute atomic E-state index is 0.171. The van der Waals surface area contributed by atoms with Crippen molar-refractivity contribution in [2.24, 2.45) is 7.05 Å². The first-order chi connectivity index (χ1) is 11.2. The van der Waals surface area contributed by atoms with Gasteiger partial charge in [0.05, 0.1) is 11.0 Å². The summed E-state index contributed by atoms with van der Waals surface area (Å²) >= 11 is 1.44. The van der Waals surface area contributed by atoms with E-state index in [9.17, 15) is 4.79 Å². The van der Waals surface area contributed by atoms with E-state index in [2.05, 4.69) is 30.6 Å². The van der Waals surface area contributed by atoms with Crippen molar-refractivity contribution in [3.05, 3.63) is 46.4 Å². The molecular formula is C13H12N8OS. The molecule has 0 aliphatic rings. The smallest absolute Gasteiger partial charge is 0.274 e. The van der Waals surface area contributed by atoms with E-state index in [1.54, 1.807) is 17.8 Å². The molecule has 0 amide bonds. The standard InChI is InChI=1S/C13H12N8OS/c1-20-13(16-18-19-20)23-7-8-6-11(22)21(17-8)12-14-9-4-2-3-5-10(9)15-12/h2-6,17H,7H2,1H3,(H,14,15). The highest BCUT2D eigenvalue weighted by Crippen LogP contribution is 2.18. The molecule has 0 saturated heterocycles. The Morgan fingerprint density at radius 3 is 2.96 bits per heavy atom. The third kappa shape index (κ3) is 2.52. The third-order valence-electron chi connectivity index (χ3n) is 3.30. The second-order valence-electron chi connectivity index (χ2n) is 4.91. The summed E-state index contributed by atoms with van der Waals surface area (Å²) in [4.78, 5) is 19.7. The minimum Gasteiger partial charge on any atom is -0.322 e.